The molecule has 0 unspecified atom stereocenters. The average Bonchev–Trinajstić information content (AvgIpc) is 3.82. The lowest BCUT2D eigenvalue weighted by molar-refractivity contribution is 1.17. The highest BCUT2D eigenvalue weighted by atomic mass is 15.0. The summed E-state index contributed by atoms with van der Waals surface area (Å²) >= 11 is 0. The van der Waals surface area contributed by atoms with E-state index in [1.165, 1.54) is 93.1 Å². The standard InChI is InChI=1S/C42H25N3/c1-2-11-26(12-3-1)43-35-19-8-5-14-32(35)40-37(43)23-24-38-41(40)33-15-6-9-20-36(33)44(38)27-21-22-29-31-17-10-16-30-28-13-4-7-18-34(28)45(42(30)31)39(29)25-27/h1-25H. The summed E-state index contributed by atoms with van der Waals surface area (Å²) in [5.74, 6) is 0. The Labute approximate surface area is 257 Å². The van der Waals surface area contributed by atoms with Crippen molar-refractivity contribution in [3.63, 3.8) is 0 Å². The van der Waals surface area contributed by atoms with Crippen molar-refractivity contribution in [2.75, 3.05) is 0 Å². The molecule has 11 aromatic rings. The summed E-state index contributed by atoms with van der Waals surface area (Å²) in [5.41, 5.74) is 11.0. The molecule has 0 N–H and O–H groups in total. The maximum absolute atomic E-state index is 2.47. The Morgan fingerprint density at radius 2 is 0.800 bits per heavy atom. The number of aromatic nitrogens is 3. The van der Waals surface area contributed by atoms with E-state index in [1.54, 1.807) is 0 Å². The molecule has 7 aromatic carbocycles. The highest BCUT2D eigenvalue weighted by molar-refractivity contribution is 6.29. The van der Waals surface area contributed by atoms with Gasteiger partial charge in [0.05, 0.1) is 38.6 Å². The molecule has 0 bridgehead atoms. The van der Waals surface area contributed by atoms with Gasteiger partial charge in [-0.2, -0.15) is 0 Å². The Kier molecular flexibility index (Phi) is 4.32. The third kappa shape index (κ3) is 2.86. The summed E-state index contributed by atoms with van der Waals surface area (Å²) in [6.07, 6.45) is 0. The first-order valence-corrected chi connectivity index (χ1v) is 15.5. The zero-order chi connectivity index (χ0) is 29.2. The van der Waals surface area contributed by atoms with E-state index in [-0.39, 0.29) is 0 Å². The van der Waals surface area contributed by atoms with Crippen LogP contribution in [0.25, 0.3) is 93.1 Å². The van der Waals surface area contributed by atoms with Crippen LogP contribution in [0.15, 0.2) is 152 Å². The first-order chi connectivity index (χ1) is 22.4. The molecule has 0 saturated heterocycles. The molecule has 45 heavy (non-hydrogen) atoms. The predicted octanol–water partition coefficient (Wildman–Crippen LogP) is 11.0. The molecule has 3 heteroatoms. The molecule has 0 saturated carbocycles. The van der Waals surface area contributed by atoms with Crippen LogP contribution in [0.1, 0.15) is 0 Å². The number of para-hydroxylation sites is 5. The molecule has 0 amide bonds. The molecule has 0 fully saturated rings. The minimum atomic E-state index is 1.17. The molecule has 0 aliphatic carbocycles. The maximum atomic E-state index is 2.47. The van der Waals surface area contributed by atoms with Crippen molar-refractivity contribution in [1.29, 1.82) is 0 Å². The van der Waals surface area contributed by atoms with Crippen LogP contribution < -0.4 is 0 Å². The van der Waals surface area contributed by atoms with Gasteiger partial charge in [-0.1, -0.05) is 97.1 Å². The Morgan fingerprint density at radius 3 is 1.47 bits per heavy atom. The molecule has 4 heterocycles. The second kappa shape index (κ2) is 8.31. The van der Waals surface area contributed by atoms with Crippen molar-refractivity contribution in [3.05, 3.63) is 152 Å². The first kappa shape index (κ1) is 23.4. The normalized spacial score (nSPS) is 12.4. The monoisotopic (exact) mass is 571 g/mol. The number of rotatable bonds is 2. The van der Waals surface area contributed by atoms with E-state index < -0.39 is 0 Å². The summed E-state index contributed by atoms with van der Waals surface area (Å²) in [4.78, 5) is 0. The second-order valence-corrected chi connectivity index (χ2v) is 12.2. The van der Waals surface area contributed by atoms with Crippen molar-refractivity contribution >= 4 is 81.7 Å². The van der Waals surface area contributed by atoms with Crippen molar-refractivity contribution in [1.82, 2.24) is 13.5 Å². The summed E-state index contributed by atoms with van der Waals surface area (Å²) in [7, 11) is 0. The molecule has 0 atom stereocenters. The van der Waals surface area contributed by atoms with Crippen molar-refractivity contribution in [3.8, 4) is 11.4 Å². The number of nitrogens with zero attached hydrogens (tertiary/aromatic N) is 3. The van der Waals surface area contributed by atoms with Gasteiger partial charge < -0.3 is 13.5 Å². The van der Waals surface area contributed by atoms with E-state index >= 15 is 0 Å². The lowest BCUT2D eigenvalue weighted by atomic mass is 10.1. The molecule has 4 aromatic heterocycles. The fourth-order valence-electron chi connectivity index (χ4n) is 8.21. The van der Waals surface area contributed by atoms with Gasteiger partial charge in [0.1, 0.15) is 0 Å². The van der Waals surface area contributed by atoms with Crippen LogP contribution in [0.5, 0.6) is 0 Å². The van der Waals surface area contributed by atoms with Crippen LogP contribution in [-0.4, -0.2) is 13.5 Å². The fourth-order valence-corrected chi connectivity index (χ4v) is 8.21. The van der Waals surface area contributed by atoms with Crippen molar-refractivity contribution < 1.29 is 0 Å². The summed E-state index contributed by atoms with van der Waals surface area (Å²) in [6, 6.07) is 55.6. The van der Waals surface area contributed by atoms with Crippen LogP contribution in [-0.2, 0) is 0 Å². The van der Waals surface area contributed by atoms with E-state index in [0.29, 0.717) is 0 Å². The summed E-state index contributed by atoms with van der Waals surface area (Å²) < 4.78 is 7.34. The van der Waals surface area contributed by atoms with Crippen LogP contribution in [0.4, 0.5) is 0 Å². The lowest BCUT2D eigenvalue weighted by Crippen LogP contribution is -1.95. The van der Waals surface area contributed by atoms with Crippen molar-refractivity contribution in [2.45, 2.75) is 0 Å². The molecular formula is C42H25N3. The van der Waals surface area contributed by atoms with Crippen LogP contribution in [0.3, 0.4) is 0 Å². The Balaban J connectivity index is 1.29. The van der Waals surface area contributed by atoms with Gasteiger partial charge in [-0.3, -0.25) is 0 Å². The maximum Gasteiger partial charge on any atom is 0.0620 e. The quantitative estimate of drug-likeness (QED) is 0.196. The molecular weight excluding hydrogens is 546 g/mol. The average molecular weight is 572 g/mol. The summed E-state index contributed by atoms with van der Waals surface area (Å²) in [5, 5.41) is 10.4. The van der Waals surface area contributed by atoms with E-state index in [0.717, 1.165) is 0 Å². The molecule has 0 aliphatic heterocycles. The largest absolute Gasteiger partial charge is 0.309 e. The van der Waals surface area contributed by atoms with Crippen LogP contribution in [0.2, 0.25) is 0 Å². The Hall–Kier alpha value is -6.06. The van der Waals surface area contributed by atoms with Gasteiger partial charge in [0.25, 0.3) is 0 Å². The molecule has 0 spiro atoms. The molecule has 3 nitrogen and oxygen atoms in total. The van der Waals surface area contributed by atoms with E-state index in [2.05, 4.69) is 165 Å². The number of benzene rings is 7. The minimum Gasteiger partial charge on any atom is -0.309 e. The van der Waals surface area contributed by atoms with E-state index in [9.17, 15) is 0 Å². The van der Waals surface area contributed by atoms with Gasteiger partial charge >= 0.3 is 0 Å². The van der Waals surface area contributed by atoms with E-state index in [1.807, 2.05) is 0 Å². The van der Waals surface area contributed by atoms with Gasteiger partial charge in [0.2, 0.25) is 0 Å². The number of hydrogen-bond acceptors (Lipinski definition) is 0. The SMILES string of the molecule is c1ccc(-n2c3ccccc3c3c4c5ccccc5n(-c5ccc6c7cccc8c9ccccc9n(c6c5)c87)c4ccc32)cc1. The van der Waals surface area contributed by atoms with E-state index in [4.69, 9.17) is 0 Å². The fraction of sp³-hybridized carbons (Fsp3) is 0. The Bertz CT molecular complexity index is 2970. The van der Waals surface area contributed by atoms with Crippen LogP contribution in [0, 0.1) is 0 Å². The number of hydrogen-bond donors (Lipinski definition) is 0. The number of fused-ring (bicyclic) bond motifs is 13. The minimum absolute atomic E-state index is 1.17. The topological polar surface area (TPSA) is 14.3 Å². The third-order valence-electron chi connectivity index (χ3n) is 9.95. The van der Waals surface area contributed by atoms with Gasteiger partial charge in [-0.15, -0.1) is 0 Å². The summed E-state index contributed by atoms with van der Waals surface area (Å²) in [6.45, 7) is 0. The Morgan fingerprint density at radius 1 is 0.289 bits per heavy atom. The second-order valence-electron chi connectivity index (χ2n) is 12.2. The predicted molar refractivity (Wildman–Crippen MR) is 190 cm³/mol. The van der Waals surface area contributed by atoms with Gasteiger partial charge in [-0.05, 0) is 54.6 Å². The van der Waals surface area contributed by atoms with Gasteiger partial charge in [0.15, 0.2) is 0 Å². The van der Waals surface area contributed by atoms with Crippen LogP contribution >= 0.6 is 0 Å². The highest BCUT2D eigenvalue weighted by Gasteiger charge is 2.22. The molecule has 0 radical (unpaired) electrons. The lowest BCUT2D eigenvalue weighted by Gasteiger charge is -2.10. The smallest absolute Gasteiger partial charge is 0.0620 e. The van der Waals surface area contributed by atoms with Gasteiger partial charge in [-0.25, -0.2) is 0 Å². The van der Waals surface area contributed by atoms with Crippen molar-refractivity contribution in [2.24, 2.45) is 0 Å². The zero-order valence-corrected chi connectivity index (χ0v) is 24.3. The zero-order valence-electron chi connectivity index (χ0n) is 24.3. The molecule has 0 aliphatic rings. The third-order valence-corrected chi connectivity index (χ3v) is 9.95. The molecule has 208 valence electrons. The molecule has 11 rings (SSSR count). The first-order valence-electron chi connectivity index (χ1n) is 15.5. The highest BCUT2D eigenvalue weighted by Crippen LogP contribution is 2.44. The van der Waals surface area contributed by atoms with Gasteiger partial charge in [0, 0.05) is 54.5 Å².